The van der Waals surface area contributed by atoms with Crippen molar-refractivity contribution in [1.29, 1.82) is 0 Å². The fourth-order valence-corrected chi connectivity index (χ4v) is 6.53. The summed E-state index contributed by atoms with van der Waals surface area (Å²) in [5.74, 6) is 1.13. The largest absolute Gasteiger partial charge is 0.497 e. The number of ether oxygens (including phenoxy) is 4. The van der Waals surface area contributed by atoms with Gasteiger partial charge in [0, 0.05) is 16.1 Å². The minimum absolute atomic E-state index is 0.176. The number of aromatic nitrogens is 1. The zero-order valence-corrected chi connectivity index (χ0v) is 27.0. The van der Waals surface area contributed by atoms with Crippen LogP contribution in [0.2, 0.25) is 5.02 Å². The van der Waals surface area contributed by atoms with E-state index < -0.39 is 12.0 Å². The van der Waals surface area contributed by atoms with Crippen molar-refractivity contribution >= 4 is 50.9 Å². The van der Waals surface area contributed by atoms with Gasteiger partial charge < -0.3 is 18.9 Å². The first-order chi connectivity index (χ1) is 20.7. The molecular weight excluding hydrogens is 656 g/mol. The first-order valence-electron chi connectivity index (χ1n) is 13.3. The molecule has 8 nitrogen and oxygen atoms in total. The third-order valence-corrected chi connectivity index (χ3v) is 8.81. The number of allylic oxidation sites excluding steroid dienone is 1. The molecule has 0 saturated carbocycles. The van der Waals surface area contributed by atoms with Gasteiger partial charge in [-0.1, -0.05) is 47.2 Å². The molecule has 1 aromatic heterocycles. The second-order valence-electron chi connectivity index (χ2n) is 9.48. The van der Waals surface area contributed by atoms with Crippen LogP contribution in [0.15, 0.2) is 86.2 Å². The fraction of sp³-hybridized carbons (Fsp3) is 0.219. The minimum Gasteiger partial charge on any atom is -0.497 e. The van der Waals surface area contributed by atoms with Gasteiger partial charge >= 0.3 is 5.97 Å². The molecule has 11 heteroatoms. The Labute approximate surface area is 265 Å². The summed E-state index contributed by atoms with van der Waals surface area (Å²) in [6, 6.07) is 17.5. The lowest BCUT2D eigenvalue weighted by Gasteiger charge is -2.26. The number of nitrogens with zero attached hydrogens (tertiary/aromatic N) is 2. The Balaban J connectivity index is 1.58. The molecule has 1 atom stereocenters. The first kappa shape index (κ1) is 30.6. The van der Waals surface area contributed by atoms with E-state index in [1.807, 2.05) is 42.5 Å². The predicted molar refractivity (Wildman–Crippen MR) is 170 cm³/mol. The SMILES string of the molecule is CCOC(=O)C1=C(C)N=c2s/c(=C\c3ccc(OCc4ccccc4Cl)c(Br)c3)c(=O)n2[C@@H]1c1cc(OC)ccc1OC. The Morgan fingerprint density at radius 3 is 2.56 bits per heavy atom. The molecular formula is C32H28BrClN2O6S. The van der Waals surface area contributed by atoms with E-state index in [-0.39, 0.29) is 17.7 Å². The van der Waals surface area contributed by atoms with Crippen molar-refractivity contribution in [3.8, 4) is 17.2 Å². The number of hydrogen-bond donors (Lipinski definition) is 0. The summed E-state index contributed by atoms with van der Waals surface area (Å²) < 4.78 is 25.2. The van der Waals surface area contributed by atoms with Gasteiger partial charge in [-0.2, -0.15) is 0 Å². The van der Waals surface area contributed by atoms with Gasteiger partial charge in [-0.25, -0.2) is 9.79 Å². The summed E-state index contributed by atoms with van der Waals surface area (Å²) in [6.45, 7) is 3.96. The van der Waals surface area contributed by atoms with Crippen molar-refractivity contribution in [2.24, 2.45) is 4.99 Å². The van der Waals surface area contributed by atoms with E-state index in [1.165, 1.54) is 23.0 Å². The van der Waals surface area contributed by atoms with Crippen LogP contribution >= 0.6 is 38.9 Å². The molecule has 0 amide bonds. The lowest BCUT2D eigenvalue weighted by atomic mass is 9.94. The molecule has 0 spiro atoms. The molecule has 2 heterocycles. The first-order valence-corrected chi connectivity index (χ1v) is 15.3. The van der Waals surface area contributed by atoms with Crippen molar-refractivity contribution in [1.82, 2.24) is 4.57 Å². The Morgan fingerprint density at radius 1 is 1.09 bits per heavy atom. The number of methoxy groups -OCH3 is 2. The lowest BCUT2D eigenvalue weighted by Crippen LogP contribution is -2.40. The number of halogens is 2. The van der Waals surface area contributed by atoms with Crippen molar-refractivity contribution in [3.05, 3.63) is 118 Å². The van der Waals surface area contributed by atoms with Crippen LogP contribution in [0.25, 0.3) is 6.08 Å². The van der Waals surface area contributed by atoms with Gasteiger partial charge in [-0.15, -0.1) is 0 Å². The number of benzene rings is 3. The number of carbonyl (C=O) groups excluding carboxylic acids is 1. The zero-order chi connectivity index (χ0) is 30.7. The average molecular weight is 684 g/mol. The Kier molecular flexibility index (Phi) is 9.39. The molecule has 43 heavy (non-hydrogen) atoms. The van der Waals surface area contributed by atoms with Gasteiger partial charge in [0.25, 0.3) is 5.56 Å². The van der Waals surface area contributed by atoms with Crippen molar-refractivity contribution in [3.63, 3.8) is 0 Å². The second-order valence-corrected chi connectivity index (χ2v) is 11.8. The van der Waals surface area contributed by atoms with Crippen LogP contribution in [0.5, 0.6) is 17.2 Å². The van der Waals surface area contributed by atoms with E-state index in [2.05, 4.69) is 20.9 Å². The minimum atomic E-state index is -0.838. The van der Waals surface area contributed by atoms with Gasteiger partial charge in [0.15, 0.2) is 4.80 Å². The third-order valence-electron chi connectivity index (χ3n) is 6.84. The van der Waals surface area contributed by atoms with E-state index in [9.17, 15) is 9.59 Å². The van der Waals surface area contributed by atoms with Crippen LogP contribution in [0.4, 0.5) is 0 Å². The molecule has 0 bridgehead atoms. The molecule has 5 rings (SSSR count). The molecule has 0 aliphatic carbocycles. The maximum Gasteiger partial charge on any atom is 0.338 e. The van der Waals surface area contributed by atoms with E-state index in [0.717, 1.165) is 15.6 Å². The monoisotopic (exact) mass is 682 g/mol. The predicted octanol–water partition coefficient (Wildman–Crippen LogP) is 5.81. The maximum atomic E-state index is 14.0. The lowest BCUT2D eigenvalue weighted by molar-refractivity contribution is -0.139. The number of esters is 1. The quantitative estimate of drug-likeness (QED) is 0.207. The summed E-state index contributed by atoms with van der Waals surface area (Å²) in [7, 11) is 3.09. The van der Waals surface area contributed by atoms with Gasteiger partial charge in [-0.3, -0.25) is 9.36 Å². The Bertz CT molecular complexity index is 1920. The molecule has 4 aromatic rings. The zero-order valence-electron chi connectivity index (χ0n) is 23.9. The van der Waals surface area contributed by atoms with Crippen molar-refractivity contribution in [2.45, 2.75) is 26.5 Å². The van der Waals surface area contributed by atoms with Gasteiger partial charge in [0.05, 0.1) is 41.1 Å². The highest BCUT2D eigenvalue weighted by Gasteiger charge is 2.35. The molecule has 0 unspecified atom stereocenters. The van der Waals surface area contributed by atoms with Crippen LogP contribution in [0, 0.1) is 0 Å². The number of thiazole rings is 1. The van der Waals surface area contributed by atoms with Crippen LogP contribution in [0.1, 0.15) is 36.6 Å². The van der Waals surface area contributed by atoms with Gasteiger partial charge in [0.2, 0.25) is 0 Å². The van der Waals surface area contributed by atoms with Crippen molar-refractivity contribution in [2.75, 3.05) is 20.8 Å². The van der Waals surface area contributed by atoms with E-state index >= 15 is 0 Å². The molecule has 0 saturated heterocycles. The molecule has 1 aliphatic heterocycles. The average Bonchev–Trinajstić information content (AvgIpc) is 3.30. The van der Waals surface area contributed by atoms with Crippen LogP contribution in [0.3, 0.4) is 0 Å². The van der Waals surface area contributed by atoms with Crippen LogP contribution in [-0.4, -0.2) is 31.4 Å². The number of carbonyl (C=O) groups is 1. The Hall–Kier alpha value is -3.86. The summed E-state index contributed by atoms with van der Waals surface area (Å²) in [4.78, 5) is 32.4. The normalized spacial score (nSPS) is 14.7. The number of fused-ring (bicyclic) bond motifs is 1. The summed E-state index contributed by atoms with van der Waals surface area (Å²) in [5.41, 5.74) is 2.65. The van der Waals surface area contributed by atoms with Gasteiger partial charge in [-0.05, 0) is 77.8 Å². The smallest absolute Gasteiger partial charge is 0.338 e. The standard InChI is InChI=1S/C32H28BrClN2O6S/c1-5-41-31(38)28-18(2)35-32-36(29(28)22-16-21(39-3)11-13-25(22)40-4)30(37)27(43-32)15-19-10-12-26(23(33)14-19)42-17-20-8-6-7-9-24(20)34/h6-16,29H,5,17H2,1-4H3/b27-15-/t29-/m1/s1. The number of rotatable bonds is 9. The molecule has 3 aromatic carbocycles. The highest BCUT2D eigenvalue weighted by molar-refractivity contribution is 9.10. The van der Waals surface area contributed by atoms with Crippen LogP contribution in [-0.2, 0) is 16.1 Å². The summed E-state index contributed by atoms with van der Waals surface area (Å²) in [5, 5.41) is 0.636. The molecule has 0 radical (unpaired) electrons. The van der Waals surface area contributed by atoms with E-state index in [0.29, 0.717) is 49.5 Å². The van der Waals surface area contributed by atoms with E-state index in [4.69, 9.17) is 30.5 Å². The number of hydrogen-bond acceptors (Lipinski definition) is 8. The molecule has 0 fully saturated rings. The van der Waals surface area contributed by atoms with E-state index in [1.54, 1.807) is 45.2 Å². The molecule has 1 aliphatic rings. The maximum absolute atomic E-state index is 14.0. The molecule has 222 valence electrons. The second kappa shape index (κ2) is 13.2. The molecule has 0 N–H and O–H groups in total. The Morgan fingerprint density at radius 2 is 1.86 bits per heavy atom. The summed E-state index contributed by atoms with van der Waals surface area (Å²) in [6.07, 6.45) is 1.79. The highest BCUT2D eigenvalue weighted by Crippen LogP contribution is 2.38. The summed E-state index contributed by atoms with van der Waals surface area (Å²) >= 11 is 11.1. The fourth-order valence-electron chi connectivity index (χ4n) is 4.79. The highest BCUT2D eigenvalue weighted by atomic mass is 79.9. The van der Waals surface area contributed by atoms with Gasteiger partial charge in [0.1, 0.15) is 29.9 Å². The topological polar surface area (TPSA) is 88.4 Å². The van der Waals surface area contributed by atoms with Crippen LogP contribution < -0.4 is 29.1 Å². The third kappa shape index (κ3) is 6.27. The van der Waals surface area contributed by atoms with Crippen molar-refractivity contribution < 1.29 is 23.7 Å².